The number of imide groups is 1. The molecule has 1 aromatic heterocycles. The molecule has 23 heavy (non-hydrogen) atoms. The van der Waals surface area contributed by atoms with E-state index in [1.807, 2.05) is 24.0 Å². The molecule has 0 saturated carbocycles. The SMILES string of the molecule is CNC(=O)NC(=O)CCN1CCN(C(=O)c2ccc(C)s2)CC1. The number of aryl methyl sites for hydroxylation is 1. The number of carbonyl (C=O) groups is 3. The minimum atomic E-state index is -0.489. The van der Waals surface area contributed by atoms with Gasteiger partial charge in [0.1, 0.15) is 0 Å². The highest BCUT2D eigenvalue weighted by Gasteiger charge is 2.23. The molecule has 1 fully saturated rings. The third-order valence-corrected chi connectivity index (χ3v) is 4.73. The monoisotopic (exact) mass is 338 g/mol. The number of carbonyl (C=O) groups excluding carboxylic acids is 3. The Morgan fingerprint density at radius 2 is 1.87 bits per heavy atom. The molecule has 1 saturated heterocycles. The second-order valence-electron chi connectivity index (χ2n) is 5.42. The summed E-state index contributed by atoms with van der Waals surface area (Å²) < 4.78 is 0. The summed E-state index contributed by atoms with van der Waals surface area (Å²) in [4.78, 5) is 40.8. The van der Waals surface area contributed by atoms with Crippen LogP contribution in [0.3, 0.4) is 0 Å². The highest BCUT2D eigenvalue weighted by Crippen LogP contribution is 2.18. The lowest BCUT2D eigenvalue weighted by Crippen LogP contribution is -2.49. The summed E-state index contributed by atoms with van der Waals surface area (Å²) in [6.07, 6.45) is 0.269. The van der Waals surface area contributed by atoms with Crippen molar-refractivity contribution in [3.63, 3.8) is 0 Å². The second kappa shape index (κ2) is 8.07. The first-order valence-electron chi connectivity index (χ1n) is 7.59. The van der Waals surface area contributed by atoms with Crippen molar-refractivity contribution in [2.45, 2.75) is 13.3 Å². The van der Waals surface area contributed by atoms with Gasteiger partial charge in [-0.3, -0.25) is 19.8 Å². The largest absolute Gasteiger partial charge is 0.341 e. The van der Waals surface area contributed by atoms with Gasteiger partial charge in [0.2, 0.25) is 5.91 Å². The second-order valence-corrected chi connectivity index (χ2v) is 6.71. The molecular weight excluding hydrogens is 316 g/mol. The molecule has 1 aliphatic rings. The van der Waals surface area contributed by atoms with Crippen LogP contribution < -0.4 is 10.6 Å². The number of amides is 4. The van der Waals surface area contributed by atoms with Crippen molar-refractivity contribution in [1.82, 2.24) is 20.4 Å². The molecule has 1 aromatic rings. The maximum absolute atomic E-state index is 12.3. The van der Waals surface area contributed by atoms with Gasteiger partial charge >= 0.3 is 6.03 Å². The number of rotatable bonds is 4. The molecule has 7 nitrogen and oxygen atoms in total. The van der Waals surface area contributed by atoms with Crippen LogP contribution in [0.5, 0.6) is 0 Å². The lowest BCUT2D eigenvalue weighted by atomic mass is 10.2. The quantitative estimate of drug-likeness (QED) is 0.845. The highest BCUT2D eigenvalue weighted by atomic mass is 32.1. The third kappa shape index (κ3) is 5.04. The Kier molecular flexibility index (Phi) is 6.12. The molecule has 2 N–H and O–H groups in total. The summed E-state index contributed by atoms with van der Waals surface area (Å²) in [5, 5.41) is 4.58. The molecule has 0 aliphatic carbocycles. The fourth-order valence-corrected chi connectivity index (χ4v) is 3.23. The number of nitrogens with zero attached hydrogens (tertiary/aromatic N) is 2. The van der Waals surface area contributed by atoms with Crippen molar-refractivity contribution in [2.24, 2.45) is 0 Å². The van der Waals surface area contributed by atoms with E-state index in [-0.39, 0.29) is 18.2 Å². The van der Waals surface area contributed by atoms with Gasteiger partial charge in [-0.15, -0.1) is 11.3 Å². The van der Waals surface area contributed by atoms with Gasteiger partial charge in [0.25, 0.3) is 5.91 Å². The molecule has 8 heteroatoms. The average molecular weight is 338 g/mol. The van der Waals surface area contributed by atoms with Crippen LogP contribution in [-0.4, -0.2) is 67.4 Å². The number of urea groups is 1. The average Bonchev–Trinajstić information content (AvgIpc) is 2.99. The van der Waals surface area contributed by atoms with Crippen molar-refractivity contribution < 1.29 is 14.4 Å². The predicted molar refractivity (Wildman–Crippen MR) is 88.6 cm³/mol. The van der Waals surface area contributed by atoms with Gasteiger partial charge in [0.15, 0.2) is 0 Å². The molecule has 0 radical (unpaired) electrons. The summed E-state index contributed by atoms with van der Waals surface area (Å²) in [5.41, 5.74) is 0. The van der Waals surface area contributed by atoms with Gasteiger partial charge in [-0.25, -0.2) is 4.79 Å². The predicted octanol–water partition coefficient (Wildman–Crippen LogP) is 0.660. The highest BCUT2D eigenvalue weighted by molar-refractivity contribution is 7.13. The normalized spacial score (nSPS) is 15.3. The van der Waals surface area contributed by atoms with Gasteiger partial charge in [-0.05, 0) is 19.1 Å². The molecule has 0 bridgehead atoms. The minimum absolute atomic E-state index is 0.0834. The lowest BCUT2D eigenvalue weighted by molar-refractivity contribution is -0.120. The smallest absolute Gasteiger partial charge is 0.321 e. The molecule has 2 rings (SSSR count). The van der Waals surface area contributed by atoms with Crippen LogP contribution in [-0.2, 0) is 4.79 Å². The molecule has 1 aliphatic heterocycles. The number of hydrogen-bond acceptors (Lipinski definition) is 5. The van der Waals surface area contributed by atoms with E-state index in [1.165, 1.54) is 18.4 Å². The summed E-state index contributed by atoms with van der Waals surface area (Å²) in [6.45, 7) is 5.37. The van der Waals surface area contributed by atoms with E-state index in [1.54, 1.807) is 0 Å². The molecular formula is C15H22N4O3S. The lowest BCUT2D eigenvalue weighted by Gasteiger charge is -2.34. The molecule has 4 amide bonds. The maximum Gasteiger partial charge on any atom is 0.321 e. The van der Waals surface area contributed by atoms with E-state index in [2.05, 4.69) is 15.5 Å². The van der Waals surface area contributed by atoms with Crippen molar-refractivity contribution in [1.29, 1.82) is 0 Å². The number of piperazine rings is 1. The van der Waals surface area contributed by atoms with Crippen LogP contribution in [0.25, 0.3) is 0 Å². The third-order valence-electron chi connectivity index (χ3n) is 3.75. The fourth-order valence-electron chi connectivity index (χ4n) is 2.39. The van der Waals surface area contributed by atoms with Crippen molar-refractivity contribution >= 4 is 29.2 Å². The Balaban J connectivity index is 1.72. The zero-order valence-corrected chi connectivity index (χ0v) is 14.2. The van der Waals surface area contributed by atoms with E-state index >= 15 is 0 Å². The molecule has 0 unspecified atom stereocenters. The van der Waals surface area contributed by atoms with E-state index in [0.29, 0.717) is 19.6 Å². The van der Waals surface area contributed by atoms with Gasteiger partial charge < -0.3 is 10.2 Å². The zero-order valence-electron chi connectivity index (χ0n) is 13.4. The Labute approximate surface area is 139 Å². The van der Waals surface area contributed by atoms with Gasteiger partial charge in [0.05, 0.1) is 4.88 Å². The first-order valence-corrected chi connectivity index (χ1v) is 8.41. The van der Waals surface area contributed by atoms with E-state index in [0.717, 1.165) is 22.8 Å². The van der Waals surface area contributed by atoms with Gasteiger partial charge in [-0.2, -0.15) is 0 Å². The van der Waals surface area contributed by atoms with Crippen LogP contribution in [0.15, 0.2) is 12.1 Å². The zero-order chi connectivity index (χ0) is 16.8. The van der Waals surface area contributed by atoms with Crippen molar-refractivity contribution in [3.05, 3.63) is 21.9 Å². The molecule has 0 spiro atoms. The first kappa shape index (κ1) is 17.4. The molecule has 2 heterocycles. The Morgan fingerprint density at radius 1 is 1.17 bits per heavy atom. The van der Waals surface area contributed by atoms with Crippen LogP contribution in [0.4, 0.5) is 4.79 Å². The van der Waals surface area contributed by atoms with Crippen molar-refractivity contribution in [3.8, 4) is 0 Å². The summed E-state index contributed by atoms with van der Waals surface area (Å²) in [5.74, 6) is -0.211. The Hall–Kier alpha value is -1.93. The van der Waals surface area contributed by atoms with E-state index in [4.69, 9.17) is 0 Å². The molecule has 126 valence electrons. The number of nitrogens with one attached hydrogen (secondary N) is 2. The van der Waals surface area contributed by atoms with Crippen LogP contribution in [0.2, 0.25) is 0 Å². The summed E-state index contributed by atoms with van der Waals surface area (Å²) >= 11 is 1.52. The van der Waals surface area contributed by atoms with Crippen LogP contribution >= 0.6 is 11.3 Å². The topological polar surface area (TPSA) is 81.8 Å². The van der Waals surface area contributed by atoms with E-state index < -0.39 is 6.03 Å². The van der Waals surface area contributed by atoms with Gasteiger partial charge in [-0.1, -0.05) is 0 Å². The maximum atomic E-state index is 12.3. The van der Waals surface area contributed by atoms with Crippen LogP contribution in [0.1, 0.15) is 21.0 Å². The number of hydrogen-bond donors (Lipinski definition) is 2. The first-order chi connectivity index (χ1) is 11.0. The Bertz CT molecular complexity index is 579. The molecule has 0 atom stereocenters. The summed E-state index contributed by atoms with van der Waals surface area (Å²) in [6, 6.07) is 3.34. The number of thiophene rings is 1. The summed E-state index contributed by atoms with van der Waals surface area (Å²) in [7, 11) is 1.47. The van der Waals surface area contributed by atoms with Crippen LogP contribution in [0, 0.1) is 6.92 Å². The minimum Gasteiger partial charge on any atom is -0.341 e. The van der Waals surface area contributed by atoms with E-state index in [9.17, 15) is 14.4 Å². The van der Waals surface area contributed by atoms with Gasteiger partial charge in [0, 0.05) is 51.1 Å². The Morgan fingerprint density at radius 3 is 2.43 bits per heavy atom. The standard InChI is InChI=1S/C15H22N4O3S/c1-11-3-4-12(23-11)14(21)19-9-7-18(8-10-19)6-5-13(20)17-15(22)16-2/h3-4H,5-10H2,1-2H3,(H2,16,17,20,22). The molecule has 0 aromatic carbocycles. The fraction of sp³-hybridized carbons (Fsp3) is 0.533. The van der Waals surface area contributed by atoms with Crippen molar-refractivity contribution in [2.75, 3.05) is 39.8 Å².